The number of carbonyl (C=O) groups excluding carboxylic acids is 1. The molecule has 1 aromatic carbocycles. The van der Waals surface area contributed by atoms with Crippen LogP contribution < -0.4 is 10.6 Å². The molecule has 3 unspecified atom stereocenters. The SMILES string of the molecule is Cc1ccc(C(C)NC(=O)NCC2CCC(O)C2)cc1F. The second-order valence-electron chi connectivity index (χ2n) is 5.92. The number of benzene rings is 1. The molecule has 0 aliphatic heterocycles. The zero-order valence-electron chi connectivity index (χ0n) is 12.5. The molecule has 116 valence electrons. The molecule has 1 fully saturated rings. The van der Waals surface area contributed by atoms with Gasteiger partial charge in [0.1, 0.15) is 5.82 Å². The van der Waals surface area contributed by atoms with Crippen LogP contribution in [0.4, 0.5) is 9.18 Å². The number of nitrogens with one attached hydrogen (secondary N) is 2. The maximum Gasteiger partial charge on any atom is 0.315 e. The third kappa shape index (κ3) is 4.43. The van der Waals surface area contributed by atoms with Crippen LogP contribution in [0.15, 0.2) is 18.2 Å². The van der Waals surface area contributed by atoms with Crippen molar-refractivity contribution in [1.29, 1.82) is 0 Å². The molecule has 0 saturated heterocycles. The monoisotopic (exact) mass is 294 g/mol. The summed E-state index contributed by atoms with van der Waals surface area (Å²) in [5, 5.41) is 15.1. The Morgan fingerprint density at radius 2 is 2.24 bits per heavy atom. The summed E-state index contributed by atoms with van der Waals surface area (Å²) < 4.78 is 13.5. The van der Waals surface area contributed by atoms with Crippen LogP contribution in [-0.2, 0) is 0 Å². The highest BCUT2D eigenvalue weighted by Gasteiger charge is 2.23. The van der Waals surface area contributed by atoms with E-state index in [4.69, 9.17) is 0 Å². The Balaban J connectivity index is 1.80. The molecule has 0 spiro atoms. The summed E-state index contributed by atoms with van der Waals surface area (Å²) in [5.74, 6) is 0.0828. The second kappa shape index (κ2) is 6.89. The Morgan fingerprint density at radius 1 is 1.48 bits per heavy atom. The fourth-order valence-corrected chi connectivity index (χ4v) is 2.68. The Kier molecular flexibility index (Phi) is 5.17. The van der Waals surface area contributed by atoms with Crippen LogP contribution in [0, 0.1) is 18.7 Å². The maximum absolute atomic E-state index is 13.5. The summed E-state index contributed by atoms with van der Waals surface area (Å²) in [6.45, 7) is 4.10. The number of hydrogen-bond acceptors (Lipinski definition) is 2. The van der Waals surface area contributed by atoms with E-state index in [1.165, 1.54) is 6.07 Å². The molecule has 1 aliphatic rings. The number of amides is 2. The van der Waals surface area contributed by atoms with Crippen molar-refractivity contribution >= 4 is 6.03 Å². The lowest BCUT2D eigenvalue weighted by Crippen LogP contribution is -2.39. The molecule has 21 heavy (non-hydrogen) atoms. The van der Waals surface area contributed by atoms with Gasteiger partial charge >= 0.3 is 6.03 Å². The van der Waals surface area contributed by atoms with E-state index in [-0.39, 0.29) is 24.0 Å². The Labute approximate surface area is 124 Å². The first kappa shape index (κ1) is 15.8. The zero-order chi connectivity index (χ0) is 15.4. The third-order valence-corrected chi connectivity index (χ3v) is 4.11. The van der Waals surface area contributed by atoms with Gasteiger partial charge in [-0.15, -0.1) is 0 Å². The van der Waals surface area contributed by atoms with Crippen molar-refractivity contribution in [2.45, 2.75) is 45.3 Å². The molecule has 5 heteroatoms. The summed E-state index contributed by atoms with van der Waals surface area (Å²) >= 11 is 0. The summed E-state index contributed by atoms with van der Waals surface area (Å²) in [4.78, 5) is 11.8. The van der Waals surface area contributed by atoms with Gasteiger partial charge in [0.2, 0.25) is 0 Å². The lowest BCUT2D eigenvalue weighted by molar-refractivity contribution is 0.177. The molecule has 0 radical (unpaired) electrons. The Bertz CT molecular complexity index is 507. The molecule has 4 nitrogen and oxygen atoms in total. The zero-order valence-corrected chi connectivity index (χ0v) is 12.5. The van der Waals surface area contributed by atoms with Crippen molar-refractivity contribution < 1.29 is 14.3 Å². The minimum Gasteiger partial charge on any atom is -0.393 e. The highest BCUT2D eigenvalue weighted by molar-refractivity contribution is 5.74. The predicted octanol–water partition coefficient (Wildman–Crippen LogP) is 2.66. The smallest absolute Gasteiger partial charge is 0.315 e. The standard InChI is InChI=1S/C16H23FN2O2/c1-10-3-5-13(8-15(10)17)11(2)19-16(21)18-9-12-4-6-14(20)7-12/h3,5,8,11-12,14,20H,4,6-7,9H2,1-2H3,(H2,18,19,21). The summed E-state index contributed by atoms with van der Waals surface area (Å²) in [5.41, 5.74) is 1.33. The average molecular weight is 294 g/mol. The first-order chi connectivity index (χ1) is 9.95. The van der Waals surface area contributed by atoms with Gasteiger partial charge in [-0.1, -0.05) is 12.1 Å². The number of rotatable bonds is 4. The number of aliphatic hydroxyl groups is 1. The highest BCUT2D eigenvalue weighted by atomic mass is 19.1. The molecular weight excluding hydrogens is 271 g/mol. The van der Waals surface area contributed by atoms with Gasteiger partial charge in [-0.05, 0) is 56.2 Å². The molecule has 2 amide bonds. The minimum absolute atomic E-state index is 0.227. The Hall–Kier alpha value is -1.62. The summed E-state index contributed by atoms with van der Waals surface area (Å²) in [7, 11) is 0. The topological polar surface area (TPSA) is 61.4 Å². The fraction of sp³-hybridized carbons (Fsp3) is 0.562. The number of halogens is 1. The van der Waals surface area contributed by atoms with E-state index in [1.54, 1.807) is 13.0 Å². The van der Waals surface area contributed by atoms with Crippen LogP contribution in [0.2, 0.25) is 0 Å². The van der Waals surface area contributed by atoms with Crippen molar-refractivity contribution in [3.63, 3.8) is 0 Å². The molecule has 3 N–H and O–H groups in total. The highest BCUT2D eigenvalue weighted by Crippen LogP contribution is 2.24. The molecule has 1 aromatic rings. The van der Waals surface area contributed by atoms with Crippen molar-refractivity contribution in [3.05, 3.63) is 35.1 Å². The first-order valence-corrected chi connectivity index (χ1v) is 7.44. The predicted molar refractivity (Wildman–Crippen MR) is 79.4 cm³/mol. The fourth-order valence-electron chi connectivity index (χ4n) is 2.68. The van der Waals surface area contributed by atoms with Crippen molar-refractivity contribution in [3.8, 4) is 0 Å². The maximum atomic E-state index is 13.5. The van der Waals surface area contributed by atoms with E-state index in [0.29, 0.717) is 18.0 Å². The molecule has 0 heterocycles. The number of carbonyl (C=O) groups is 1. The van der Waals surface area contributed by atoms with Gasteiger partial charge in [0, 0.05) is 6.54 Å². The van der Waals surface area contributed by atoms with Gasteiger partial charge in [0.25, 0.3) is 0 Å². The van der Waals surface area contributed by atoms with Gasteiger partial charge in [-0.2, -0.15) is 0 Å². The Morgan fingerprint density at radius 3 is 2.86 bits per heavy atom. The van der Waals surface area contributed by atoms with E-state index in [0.717, 1.165) is 24.8 Å². The summed E-state index contributed by atoms with van der Waals surface area (Å²) in [6.07, 6.45) is 2.28. The molecule has 2 rings (SSSR count). The molecule has 1 aliphatic carbocycles. The van der Waals surface area contributed by atoms with Crippen molar-refractivity contribution in [2.75, 3.05) is 6.54 Å². The molecular formula is C16H23FN2O2. The quantitative estimate of drug-likeness (QED) is 0.799. The van der Waals surface area contributed by atoms with Crippen LogP contribution in [0.1, 0.15) is 43.4 Å². The van der Waals surface area contributed by atoms with Crippen LogP contribution in [0.25, 0.3) is 0 Å². The van der Waals surface area contributed by atoms with Crippen LogP contribution in [0.5, 0.6) is 0 Å². The van der Waals surface area contributed by atoms with Gasteiger partial charge < -0.3 is 15.7 Å². The van der Waals surface area contributed by atoms with E-state index >= 15 is 0 Å². The third-order valence-electron chi connectivity index (χ3n) is 4.11. The number of hydrogen-bond donors (Lipinski definition) is 3. The lowest BCUT2D eigenvalue weighted by atomic mass is 10.1. The normalized spacial score (nSPS) is 22.9. The first-order valence-electron chi connectivity index (χ1n) is 7.44. The largest absolute Gasteiger partial charge is 0.393 e. The van der Waals surface area contributed by atoms with Crippen molar-refractivity contribution in [2.24, 2.45) is 5.92 Å². The van der Waals surface area contributed by atoms with E-state index in [1.807, 2.05) is 13.0 Å². The van der Waals surface area contributed by atoms with Crippen LogP contribution in [-0.4, -0.2) is 23.8 Å². The van der Waals surface area contributed by atoms with E-state index < -0.39 is 0 Å². The average Bonchev–Trinajstić information content (AvgIpc) is 2.85. The van der Waals surface area contributed by atoms with Crippen LogP contribution >= 0.6 is 0 Å². The van der Waals surface area contributed by atoms with Crippen molar-refractivity contribution in [1.82, 2.24) is 10.6 Å². The van der Waals surface area contributed by atoms with E-state index in [9.17, 15) is 14.3 Å². The molecule has 1 saturated carbocycles. The number of aryl methyl sites for hydroxylation is 1. The molecule has 0 bridgehead atoms. The minimum atomic E-state index is -0.262. The van der Waals surface area contributed by atoms with Crippen LogP contribution in [0.3, 0.4) is 0 Å². The van der Waals surface area contributed by atoms with Gasteiger partial charge in [0.15, 0.2) is 0 Å². The molecule has 0 aromatic heterocycles. The second-order valence-corrected chi connectivity index (χ2v) is 5.92. The number of aliphatic hydroxyl groups excluding tert-OH is 1. The van der Waals surface area contributed by atoms with Gasteiger partial charge in [-0.25, -0.2) is 9.18 Å². The lowest BCUT2D eigenvalue weighted by Gasteiger charge is -2.17. The summed E-state index contributed by atoms with van der Waals surface area (Å²) in [6, 6.07) is 4.46. The van der Waals surface area contributed by atoms with Gasteiger partial charge in [0.05, 0.1) is 12.1 Å². The van der Waals surface area contributed by atoms with Gasteiger partial charge in [-0.3, -0.25) is 0 Å². The van der Waals surface area contributed by atoms with E-state index in [2.05, 4.69) is 10.6 Å². The number of urea groups is 1. The molecule has 3 atom stereocenters.